The van der Waals surface area contributed by atoms with Crippen LogP contribution in [-0.2, 0) is 16.0 Å². The Bertz CT molecular complexity index is 1200. The Morgan fingerprint density at radius 2 is 1.87 bits per heavy atom. The Morgan fingerprint density at radius 3 is 2.58 bits per heavy atom. The molecule has 1 aromatic carbocycles. The van der Waals surface area contributed by atoms with Crippen LogP contribution < -0.4 is 0 Å². The van der Waals surface area contributed by atoms with E-state index in [-0.39, 0.29) is 23.6 Å². The van der Waals surface area contributed by atoms with Crippen molar-refractivity contribution in [3.05, 3.63) is 58.5 Å². The van der Waals surface area contributed by atoms with Gasteiger partial charge in [-0.25, -0.2) is 9.59 Å². The van der Waals surface area contributed by atoms with Gasteiger partial charge >= 0.3 is 11.9 Å². The number of nitriles is 1. The van der Waals surface area contributed by atoms with Gasteiger partial charge in [-0.2, -0.15) is 5.26 Å². The Hall–Kier alpha value is -3.86. The van der Waals surface area contributed by atoms with Crippen LogP contribution >= 0.6 is 0 Å². The van der Waals surface area contributed by atoms with Gasteiger partial charge in [0.2, 0.25) is 5.78 Å². The second kappa shape index (κ2) is 9.30. The SMILES string of the molecule is CCOC(=O)c1[nH]c(C)c(C(=O)OCC(=O)c2cn(CCC#N)c3ccccc23)c1C. The van der Waals surface area contributed by atoms with Gasteiger partial charge in [0.15, 0.2) is 6.61 Å². The first-order valence-electron chi connectivity index (χ1n) is 9.90. The standard InChI is InChI=1S/C23H23N3O5/c1-4-30-23(29)21-14(2)20(15(3)25-21)22(28)31-13-19(27)17-12-26(11-7-10-24)18-9-6-5-8-16(17)18/h5-6,8-9,12,25H,4,7,11,13H2,1-3H3. The number of carbonyl (C=O) groups is 3. The second-order valence-corrected chi connectivity index (χ2v) is 7.01. The molecule has 0 spiro atoms. The van der Waals surface area contributed by atoms with Crippen molar-refractivity contribution in [1.82, 2.24) is 9.55 Å². The lowest BCUT2D eigenvalue weighted by Gasteiger charge is -2.05. The van der Waals surface area contributed by atoms with Crippen molar-refractivity contribution in [3.8, 4) is 6.07 Å². The van der Waals surface area contributed by atoms with E-state index < -0.39 is 18.5 Å². The molecule has 0 aliphatic heterocycles. The molecule has 0 aliphatic rings. The summed E-state index contributed by atoms with van der Waals surface area (Å²) in [6, 6.07) is 9.47. The summed E-state index contributed by atoms with van der Waals surface area (Å²) in [5.74, 6) is -1.59. The Kier molecular flexibility index (Phi) is 6.55. The highest BCUT2D eigenvalue weighted by atomic mass is 16.5. The molecule has 0 unspecified atom stereocenters. The van der Waals surface area contributed by atoms with E-state index in [4.69, 9.17) is 14.7 Å². The Balaban J connectivity index is 1.78. The van der Waals surface area contributed by atoms with Crippen molar-refractivity contribution in [2.75, 3.05) is 13.2 Å². The van der Waals surface area contributed by atoms with Gasteiger partial charge in [-0.1, -0.05) is 18.2 Å². The smallest absolute Gasteiger partial charge is 0.355 e. The molecule has 3 aromatic rings. The summed E-state index contributed by atoms with van der Waals surface area (Å²) >= 11 is 0. The topological polar surface area (TPSA) is 114 Å². The van der Waals surface area contributed by atoms with E-state index in [1.54, 1.807) is 27.0 Å². The lowest BCUT2D eigenvalue weighted by molar-refractivity contribution is 0.0474. The van der Waals surface area contributed by atoms with Crippen molar-refractivity contribution in [3.63, 3.8) is 0 Å². The first-order valence-corrected chi connectivity index (χ1v) is 9.90. The molecule has 2 aromatic heterocycles. The Morgan fingerprint density at radius 1 is 1.13 bits per heavy atom. The van der Waals surface area contributed by atoms with E-state index in [0.717, 1.165) is 10.9 Å². The number of aryl methyl sites for hydroxylation is 2. The summed E-state index contributed by atoms with van der Waals surface area (Å²) in [6.07, 6.45) is 2.00. The van der Waals surface area contributed by atoms with Crippen molar-refractivity contribution in [1.29, 1.82) is 5.26 Å². The van der Waals surface area contributed by atoms with Gasteiger partial charge in [-0.3, -0.25) is 4.79 Å². The number of hydrogen-bond donors (Lipinski definition) is 1. The predicted octanol–water partition coefficient (Wildman–Crippen LogP) is 3.72. The highest BCUT2D eigenvalue weighted by molar-refractivity contribution is 6.09. The maximum absolute atomic E-state index is 12.8. The van der Waals surface area contributed by atoms with Crippen LogP contribution in [0, 0.1) is 25.2 Å². The molecule has 160 valence electrons. The van der Waals surface area contributed by atoms with Crippen molar-refractivity contribution < 1.29 is 23.9 Å². The fourth-order valence-electron chi connectivity index (χ4n) is 3.57. The average molecular weight is 421 g/mol. The van der Waals surface area contributed by atoms with Crippen LogP contribution in [0.5, 0.6) is 0 Å². The summed E-state index contributed by atoms with van der Waals surface area (Å²) in [4.78, 5) is 40.3. The van der Waals surface area contributed by atoms with Crippen LogP contribution in [0.2, 0.25) is 0 Å². The molecule has 1 N–H and O–H groups in total. The van der Waals surface area contributed by atoms with E-state index in [1.807, 2.05) is 28.8 Å². The summed E-state index contributed by atoms with van der Waals surface area (Å²) < 4.78 is 12.1. The van der Waals surface area contributed by atoms with Gasteiger partial charge in [0.1, 0.15) is 5.69 Å². The van der Waals surface area contributed by atoms with E-state index in [1.165, 1.54) is 0 Å². The molecule has 3 rings (SSSR count). The second-order valence-electron chi connectivity index (χ2n) is 7.01. The third-order valence-electron chi connectivity index (χ3n) is 5.01. The van der Waals surface area contributed by atoms with Crippen LogP contribution in [0.1, 0.15) is 55.8 Å². The van der Waals surface area contributed by atoms with E-state index >= 15 is 0 Å². The molecule has 8 nitrogen and oxygen atoms in total. The van der Waals surface area contributed by atoms with Crippen LogP contribution in [0.4, 0.5) is 0 Å². The van der Waals surface area contributed by atoms with Gasteiger partial charge in [0, 0.05) is 34.9 Å². The number of benzene rings is 1. The zero-order valence-corrected chi connectivity index (χ0v) is 17.7. The number of aromatic nitrogens is 2. The number of para-hydroxylation sites is 1. The minimum absolute atomic E-state index is 0.193. The summed E-state index contributed by atoms with van der Waals surface area (Å²) in [6.45, 7) is 5.20. The number of hydrogen-bond acceptors (Lipinski definition) is 6. The molecular weight excluding hydrogens is 398 g/mol. The molecule has 0 amide bonds. The fraction of sp³-hybridized carbons (Fsp3) is 0.304. The summed E-state index contributed by atoms with van der Waals surface area (Å²) in [7, 11) is 0. The maximum atomic E-state index is 12.8. The summed E-state index contributed by atoms with van der Waals surface area (Å²) in [5.41, 5.74) is 2.55. The fourth-order valence-corrected chi connectivity index (χ4v) is 3.57. The number of aromatic amines is 1. The van der Waals surface area contributed by atoms with Gasteiger partial charge in [-0.15, -0.1) is 0 Å². The number of H-pyrrole nitrogens is 1. The van der Waals surface area contributed by atoms with E-state index in [9.17, 15) is 14.4 Å². The van der Waals surface area contributed by atoms with Crippen LogP contribution in [-0.4, -0.2) is 40.5 Å². The third-order valence-corrected chi connectivity index (χ3v) is 5.01. The van der Waals surface area contributed by atoms with Crippen molar-refractivity contribution in [2.24, 2.45) is 0 Å². The van der Waals surface area contributed by atoms with Crippen LogP contribution in [0.15, 0.2) is 30.5 Å². The summed E-state index contributed by atoms with van der Waals surface area (Å²) in [5, 5.41) is 9.60. The van der Waals surface area contributed by atoms with Gasteiger partial charge in [0.25, 0.3) is 0 Å². The highest BCUT2D eigenvalue weighted by Gasteiger charge is 2.25. The minimum Gasteiger partial charge on any atom is -0.461 e. The van der Waals surface area contributed by atoms with Gasteiger partial charge in [-0.05, 0) is 32.4 Å². The molecule has 0 bridgehead atoms. The molecule has 0 atom stereocenters. The van der Waals surface area contributed by atoms with Gasteiger partial charge < -0.3 is 19.0 Å². The molecule has 0 aliphatic carbocycles. The number of Topliss-reactive ketones (excluding diaryl/α,β-unsaturated/α-hetero) is 1. The van der Waals surface area contributed by atoms with Crippen molar-refractivity contribution in [2.45, 2.75) is 33.7 Å². The van der Waals surface area contributed by atoms with Crippen LogP contribution in [0.25, 0.3) is 10.9 Å². The number of fused-ring (bicyclic) bond motifs is 1. The molecule has 0 saturated carbocycles. The van der Waals surface area contributed by atoms with E-state index in [0.29, 0.717) is 29.8 Å². The average Bonchev–Trinajstić information content (AvgIpc) is 3.27. The monoisotopic (exact) mass is 421 g/mol. The van der Waals surface area contributed by atoms with Crippen LogP contribution in [0.3, 0.4) is 0 Å². The number of ether oxygens (including phenoxy) is 2. The molecule has 0 saturated heterocycles. The Labute approximate surface area is 179 Å². The first-order chi connectivity index (χ1) is 14.9. The van der Waals surface area contributed by atoms with Crippen molar-refractivity contribution >= 4 is 28.6 Å². The molecule has 0 radical (unpaired) electrons. The first kappa shape index (κ1) is 21.8. The minimum atomic E-state index is -0.691. The number of carbonyl (C=O) groups excluding carboxylic acids is 3. The van der Waals surface area contributed by atoms with E-state index in [2.05, 4.69) is 11.1 Å². The maximum Gasteiger partial charge on any atom is 0.355 e. The lowest BCUT2D eigenvalue weighted by Crippen LogP contribution is -2.15. The van der Waals surface area contributed by atoms with Gasteiger partial charge in [0.05, 0.1) is 24.7 Å². The molecule has 8 heteroatoms. The highest BCUT2D eigenvalue weighted by Crippen LogP contribution is 2.23. The number of rotatable bonds is 8. The number of ketones is 1. The zero-order valence-electron chi connectivity index (χ0n) is 17.7. The lowest BCUT2D eigenvalue weighted by atomic mass is 10.1. The normalized spacial score (nSPS) is 10.6. The molecular formula is C23H23N3O5. The molecule has 31 heavy (non-hydrogen) atoms. The zero-order chi connectivity index (χ0) is 22.5. The predicted molar refractivity (Wildman–Crippen MR) is 113 cm³/mol. The molecule has 0 fully saturated rings. The molecule has 2 heterocycles. The number of nitrogens with one attached hydrogen (secondary N) is 1. The third kappa shape index (κ3) is 4.36. The number of esters is 2. The largest absolute Gasteiger partial charge is 0.461 e. The quantitative estimate of drug-likeness (QED) is 0.438. The number of nitrogens with zero attached hydrogens (tertiary/aromatic N) is 2.